The summed E-state index contributed by atoms with van der Waals surface area (Å²) in [5.74, 6) is 1.97. The summed E-state index contributed by atoms with van der Waals surface area (Å²) in [5.41, 5.74) is 10.3. The van der Waals surface area contributed by atoms with Crippen molar-refractivity contribution < 1.29 is 0 Å². The third kappa shape index (κ3) is 7.76. The fraction of sp³-hybridized carbons (Fsp3) is 0.0370. The Morgan fingerprint density at radius 1 is 0.339 bits per heavy atom. The fourth-order valence-corrected chi connectivity index (χ4v) is 8.81. The SMILES string of the molecule is c1ccc(-c2nc(-c3ccc(Cc4ccccc4Sc4ccccc4Cc4ccc(-c5cncc6ccccc56)cc4)cc3)nc(-c3cccc4ccccc34)n2)cc1. The summed E-state index contributed by atoms with van der Waals surface area (Å²) in [6, 6.07) is 68.4. The second kappa shape index (κ2) is 16.3. The highest BCUT2D eigenvalue weighted by atomic mass is 32.2. The van der Waals surface area contributed by atoms with Gasteiger partial charge in [0.1, 0.15) is 0 Å². The van der Waals surface area contributed by atoms with Gasteiger partial charge in [-0.15, -0.1) is 0 Å². The lowest BCUT2D eigenvalue weighted by molar-refractivity contribution is 1.07. The molecule has 10 rings (SSSR count). The molecule has 0 radical (unpaired) electrons. The quantitative estimate of drug-likeness (QED) is 0.138. The molecule has 0 saturated heterocycles. The molecule has 0 unspecified atom stereocenters. The summed E-state index contributed by atoms with van der Waals surface area (Å²) in [6.45, 7) is 0. The van der Waals surface area contributed by atoms with Crippen molar-refractivity contribution in [2.24, 2.45) is 0 Å². The van der Waals surface area contributed by atoms with Crippen LogP contribution in [0, 0.1) is 0 Å². The van der Waals surface area contributed by atoms with Gasteiger partial charge in [0.25, 0.3) is 0 Å². The molecule has 0 aliphatic heterocycles. The molecule has 0 atom stereocenters. The molecule has 4 nitrogen and oxygen atoms in total. The van der Waals surface area contributed by atoms with Crippen LogP contribution >= 0.6 is 11.8 Å². The summed E-state index contributed by atoms with van der Waals surface area (Å²) in [6.07, 6.45) is 5.56. The largest absolute Gasteiger partial charge is 0.263 e. The monoisotopic (exact) mass is 774 g/mol. The van der Waals surface area contributed by atoms with E-state index in [1.807, 2.05) is 54.5 Å². The Labute approximate surface area is 348 Å². The number of rotatable bonds is 10. The number of fused-ring (bicyclic) bond motifs is 2. The molecule has 0 aliphatic carbocycles. The molecule has 0 N–H and O–H groups in total. The van der Waals surface area contributed by atoms with Gasteiger partial charge in [0.05, 0.1) is 0 Å². The zero-order valence-corrected chi connectivity index (χ0v) is 33.1. The van der Waals surface area contributed by atoms with E-state index in [9.17, 15) is 0 Å². The second-order valence-electron chi connectivity index (χ2n) is 14.7. The van der Waals surface area contributed by atoms with E-state index >= 15 is 0 Å². The molecule has 10 aromatic rings. The van der Waals surface area contributed by atoms with Crippen molar-refractivity contribution in [3.63, 3.8) is 0 Å². The average Bonchev–Trinajstić information content (AvgIpc) is 3.30. The fourth-order valence-electron chi connectivity index (χ4n) is 7.74. The minimum Gasteiger partial charge on any atom is -0.263 e. The van der Waals surface area contributed by atoms with Gasteiger partial charge in [-0.2, -0.15) is 0 Å². The van der Waals surface area contributed by atoms with Crippen LogP contribution < -0.4 is 0 Å². The first-order valence-corrected chi connectivity index (χ1v) is 20.7. The van der Waals surface area contributed by atoms with E-state index in [0.29, 0.717) is 17.5 Å². The Kier molecular flexibility index (Phi) is 10.0. The minimum absolute atomic E-state index is 0.654. The third-order valence-electron chi connectivity index (χ3n) is 10.8. The molecule has 2 aromatic heterocycles. The van der Waals surface area contributed by atoms with Crippen LogP contribution in [0.5, 0.6) is 0 Å². The third-order valence-corrected chi connectivity index (χ3v) is 12.0. The number of nitrogens with zero attached hydrogens (tertiary/aromatic N) is 4. The zero-order chi connectivity index (χ0) is 39.4. The number of hydrogen-bond donors (Lipinski definition) is 0. The number of aromatic nitrogens is 4. The topological polar surface area (TPSA) is 51.6 Å². The summed E-state index contributed by atoms with van der Waals surface area (Å²) < 4.78 is 0. The number of pyridine rings is 1. The molecule has 8 aromatic carbocycles. The van der Waals surface area contributed by atoms with Crippen molar-refractivity contribution in [3.05, 3.63) is 229 Å². The van der Waals surface area contributed by atoms with E-state index in [-0.39, 0.29) is 0 Å². The highest BCUT2D eigenvalue weighted by Gasteiger charge is 2.15. The van der Waals surface area contributed by atoms with Crippen LogP contribution in [-0.2, 0) is 12.8 Å². The Balaban J connectivity index is 0.896. The van der Waals surface area contributed by atoms with Crippen molar-refractivity contribution >= 4 is 33.3 Å². The molecule has 0 spiro atoms. The summed E-state index contributed by atoms with van der Waals surface area (Å²) in [4.78, 5) is 22.1. The first-order chi connectivity index (χ1) is 29.2. The van der Waals surface area contributed by atoms with Crippen LogP contribution in [-0.4, -0.2) is 19.9 Å². The van der Waals surface area contributed by atoms with E-state index < -0.39 is 0 Å². The van der Waals surface area contributed by atoms with E-state index in [1.54, 1.807) is 0 Å². The van der Waals surface area contributed by atoms with Gasteiger partial charge in [-0.1, -0.05) is 194 Å². The smallest absolute Gasteiger partial charge is 0.164 e. The van der Waals surface area contributed by atoms with Crippen LogP contribution in [0.1, 0.15) is 22.3 Å². The maximum absolute atomic E-state index is 5.06. The van der Waals surface area contributed by atoms with Gasteiger partial charge in [0, 0.05) is 49.8 Å². The molecule has 280 valence electrons. The molecule has 0 bridgehead atoms. The van der Waals surface area contributed by atoms with Crippen molar-refractivity contribution in [1.82, 2.24) is 19.9 Å². The van der Waals surface area contributed by atoms with Gasteiger partial charge in [0.2, 0.25) is 0 Å². The molecule has 0 aliphatic rings. The summed E-state index contributed by atoms with van der Waals surface area (Å²) in [7, 11) is 0. The van der Waals surface area contributed by atoms with E-state index in [2.05, 4.69) is 169 Å². The standard InChI is InChI=1S/C54H38N4S/c1-2-14-41(15-3-1)52-56-53(58-54(57-52)48-22-12-19-39-13-4-8-20-46(39)48)42-31-27-38(28-32-42)34-44-17-7-11-24-51(44)59-50-23-10-6-16-43(50)33-37-25-29-40(30-26-37)49-36-55-35-45-18-5-9-21-47(45)49/h1-32,35-36H,33-34H2. The molecular weight excluding hydrogens is 737 g/mol. The van der Waals surface area contributed by atoms with Gasteiger partial charge in [-0.25, -0.2) is 15.0 Å². The van der Waals surface area contributed by atoms with E-state index in [4.69, 9.17) is 15.0 Å². The molecule has 0 amide bonds. The molecule has 0 saturated carbocycles. The van der Waals surface area contributed by atoms with Crippen LogP contribution in [0.4, 0.5) is 0 Å². The molecular formula is C54H38N4S. The lowest BCUT2D eigenvalue weighted by Crippen LogP contribution is -2.00. The maximum atomic E-state index is 5.06. The van der Waals surface area contributed by atoms with Gasteiger partial charge >= 0.3 is 0 Å². The Hall–Kier alpha value is -7.21. The van der Waals surface area contributed by atoms with Crippen LogP contribution in [0.3, 0.4) is 0 Å². The molecule has 0 fully saturated rings. The van der Waals surface area contributed by atoms with E-state index in [1.165, 1.54) is 43.0 Å². The predicted octanol–water partition coefficient (Wildman–Crippen LogP) is 13.6. The first kappa shape index (κ1) is 36.2. The van der Waals surface area contributed by atoms with Gasteiger partial charge < -0.3 is 0 Å². The van der Waals surface area contributed by atoms with Crippen LogP contribution in [0.25, 0.3) is 66.8 Å². The molecule has 2 heterocycles. The Morgan fingerprint density at radius 3 is 1.49 bits per heavy atom. The number of hydrogen-bond acceptors (Lipinski definition) is 5. The summed E-state index contributed by atoms with van der Waals surface area (Å²) >= 11 is 1.85. The van der Waals surface area contributed by atoms with Gasteiger partial charge in [0.15, 0.2) is 17.5 Å². The lowest BCUT2D eigenvalue weighted by atomic mass is 9.98. The van der Waals surface area contributed by atoms with Gasteiger partial charge in [-0.3, -0.25) is 4.98 Å². The highest BCUT2D eigenvalue weighted by Crippen LogP contribution is 2.36. The van der Waals surface area contributed by atoms with Gasteiger partial charge in [-0.05, 0) is 69.0 Å². The van der Waals surface area contributed by atoms with Crippen molar-refractivity contribution in [2.75, 3.05) is 0 Å². The number of benzene rings is 8. The zero-order valence-electron chi connectivity index (χ0n) is 32.2. The van der Waals surface area contributed by atoms with Crippen molar-refractivity contribution in [2.45, 2.75) is 22.6 Å². The minimum atomic E-state index is 0.654. The highest BCUT2D eigenvalue weighted by molar-refractivity contribution is 7.99. The van der Waals surface area contributed by atoms with Crippen molar-refractivity contribution in [1.29, 1.82) is 0 Å². The normalized spacial score (nSPS) is 11.3. The van der Waals surface area contributed by atoms with E-state index in [0.717, 1.165) is 51.3 Å². The predicted molar refractivity (Wildman–Crippen MR) is 243 cm³/mol. The van der Waals surface area contributed by atoms with Crippen LogP contribution in [0.2, 0.25) is 0 Å². The lowest BCUT2D eigenvalue weighted by Gasteiger charge is -2.14. The Morgan fingerprint density at radius 2 is 0.831 bits per heavy atom. The molecule has 5 heteroatoms. The second-order valence-corrected chi connectivity index (χ2v) is 15.8. The molecule has 59 heavy (non-hydrogen) atoms. The first-order valence-electron chi connectivity index (χ1n) is 19.9. The maximum Gasteiger partial charge on any atom is 0.164 e. The van der Waals surface area contributed by atoms with Crippen LogP contribution in [0.15, 0.2) is 216 Å². The Bertz CT molecular complexity index is 3060. The average molecular weight is 775 g/mol. The summed E-state index contributed by atoms with van der Waals surface area (Å²) in [5, 5.41) is 4.64. The van der Waals surface area contributed by atoms with Crippen molar-refractivity contribution in [3.8, 4) is 45.3 Å².